The van der Waals surface area contributed by atoms with Crippen LogP contribution < -0.4 is 15.5 Å². The number of benzene rings is 3. The first-order chi connectivity index (χ1) is 14.6. The lowest BCUT2D eigenvalue weighted by molar-refractivity contribution is 0.415. The summed E-state index contributed by atoms with van der Waals surface area (Å²) in [5.74, 6) is 0.784. The molecule has 0 amide bonds. The zero-order valence-corrected chi connectivity index (χ0v) is 17.7. The van der Waals surface area contributed by atoms with Crippen molar-refractivity contribution in [2.24, 2.45) is 5.10 Å². The van der Waals surface area contributed by atoms with Crippen molar-refractivity contribution in [2.45, 2.75) is 0 Å². The zero-order chi connectivity index (χ0) is 20.9. The van der Waals surface area contributed by atoms with Crippen molar-refractivity contribution in [1.82, 2.24) is 10.4 Å². The molecule has 150 valence electrons. The van der Waals surface area contributed by atoms with Gasteiger partial charge in [-0.3, -0.25) is 5.43 Å². The number of nitrogens with one attached hydrogen (secondary N) is 3. The topological polar surface area (TPSA) is 61.4 Å². The summed E-state index contributed by atoms with van der Waals surface area (Å²) < 4.78 is 5.16. The van der Waals surface area contributed by atoms with Crippen LogP contribution in [0.15, 0.2) is 77.9 Å². The van der Waals surface area contributed by atoms with Gasteiger partial charge in [-0.05, 0) is 60.2 Å². The summed E-state index contributed by atoms with van der Waals surface area (Å²) in [6.45, 7) is 0. The Morgan fingerprint density at radius 1 is 1.03 bits per heavy atom. The molecule has 3 N–H and O–H groups in total. The van der Waals surface area contributed by atoms with E-state index < -0.39 is 0 Å². The second kappa shape index (κ2) is 8.98. The Morgan fingerprint density at radius 3 is 2.50 bits per heavy atom. The maximum atomic E-state index is 6.04. The Morgan fingerprint density at radius 2 is 1.77 bits per heavy atom. The predicted octanol–water partition coefficient (Wildman–Crippen LogP) is 5.82. The molecule has 30 heavy (non-hydrogen) atoms. The van der Waals surface area contributed by atoms with E-state index in [1.54, 1.807) is 13.3 Å². The van der Waals surface area contributed by atoms with Crippen LogP contribution in [0, 0.1) is 0 Å². The lowest BCUT2D eigenvalue weighted by Gasteiger charge is -2.07. The van der Waals surface area contributed by atoms with Crippen LogP contribution >= 0.6 is 23.8 Å². The van der Waals surface area contributed by atoms with Gasteiger partial charge in [0, 0.05) is 27.2 Å². The number of nitrogens with zero attached hydrogens (tertiary/aromatic N) is 1. The molecule has 4 aromatic rings. The zero-order valence-electron chi connectivity index (χ0n) is 16.1. The average Bonchev–Trinajstić information content (AvgIpc) is 3.13. The van der Waals surface area contributed by atoms with Gasteiger partial charge in [0.15, 0.2) is 5.11 Å². The minimum absolute atomic E-state index is 0.393. The highest BCUT2D eigenvalue weighted by molar-refractivity contribution is 7.80. The van der Waals surface area contributed by atoms with E-state index in [1.807, 2.05) is 66.7 Å². The van der Waals surface area contributed by atoms with Gasteiger partial charge in [0.1, 0.15) is 5.75 Å². The van der Waals surface area contributed by atoms with Crippen LogP contribution in [0.2, 0.25) is 5.02 Å². The molecule has 1 aromatic heterocycles. The predicted molar refractivity (Wildman–Crippen MR) is 129 cm³/mol. The fourth-order valence-corrected chi connectivity index (χ4v) is 3.43. The van der Waals surface area contributed by atoms with Crippen LogP contribution in [0.5, 0.6) is 5.75 Å². The van der Waals surface area contributed by atoms with E-state index >= 15 is 0 Å². The van der Waals surface area contributed by atoms with Crippen LogP contribution in [0.4, 0.5) is 5.69 Å². The van der Waals surface area contributed by atoms with Crippen molar-refractivity contribution in [3.05, 3.63) is 83.4 Å². The average molecular weight is 435 g/mol. The first-order valence-corrected chi connectivity index (χ1v) is 10.0. The van der Waals surface area contributed by atoms with Crippen molar-refractivity contribution in [3.8, 4) is 17.0 Å². The second-order valence-corrected chi connectivity index (χ2v) is 7.36. The number of aromatic amines is 1. The van der Waals surface area contributed by atoms with Gasteiger partial charge in [-0.1, -0.05) is 41.9 Å². The molecule has 0 radical (unpaired) electrons. The van der Waals surface area contributed by atoms with Gasteiger partial charge in [0.2, 0.25) is 0 Å². The van der Waals surface area contributed by atoms with Crippen molar-refractivity contribution in [1.29, 1.82) is 0 Å². The fraction of sp³-hybridized carbons (Fsp3) is 0.0435. The number of rotatable bonds is 5. The van der Waals surface area contributed by atoms with E-state index in [0.29, 0.717) is 10.1 Å². The first-order valence-electron chi connectivity index (χ1n) is 9.25. The summed E-state index contributed by atoms with van der Waals surface area (Å²) in [5, 5.41) is 9.60. The van der Waals surface area contributed by atoms with Gasteiger partial charge in [0.05, 0.1) is 19.0 Å². The van der Waals surface area contributed by atoms with Crippen LogP contribution in [-0.2, 0) is 0 Å². The van der Waals surface area contributed by atoms with Crippen LogP contribution in [0.25, 0.3) is 22.2 Å². The number of para-hydroxylation sites is 1. The van der Waals surface area contributed by atoms with Gasteiger partial charge in [-0.25, -0.2) is 0 Å². The molecule has 0 saturated heterocycles. The van der Waals surface area contributed by atoms with Crippen molar-refractivity contribution in [3.63, 3.8) is 0 Å². The highest BCUT2D eigenvalue weighted by atomic mass is 35.5. The van der Waals surface area contributed by atoms with Gasteiger partial charge in [0.25, 0.3) is 0 Å². The third-order valence-electron chi connectivity index (χ3n) is 4.59. The monoisotopic (exact) mass is 434 g/mol. The summed E-state index contributed by atoms with van der Waals surface area (Å²) in [7, 11) is 1.63. The molecular weight excluding hydrogens is 416 g/mol. The van der Waals surface area contributed by atoms with E-state index in [2.05, 4.69) is 26.9 Å². The molecule has 0 aliphatic heterocycles. The quantitative estimate of drug-likeness (QED) is 0.210. The Balaban J connectivity index is 1.55. The molecule has 5 nitrogen and oxygen atoms in total. The molecule has 0 aliphatic carbocycles. The summed E-state index contributed by atoms with van der Waals surface area (Å²) in [5.41, 5.74) is 7.70. The van der Waals surface area contributed by atoms with Crippen molar-refractivity contribution in [2.75, 3.05) is 12.4 Å². The van der Waals surface area contributed by atoms with Gasteiger partial charge in [-0.15, -0.1) is 0 Å². The Bertz CT molecular complexity index is 1200. The van der Waals surface area contributed by atoms with Gasteiger partial charge < -0.3 is 15.0 Å². The van der Waals surface area contributed by atoms with Gasteiger partial charge in [-0.2, -0.15) is 5.10 Å². The van der Waals surface area contributed by atoms with Crippen LogP contribution in [0.1, 0.15) is 5.56 Å². The van der Waals surface area contributed by atoms with Crippen molar-refractivity contribution >= 4 is 51.7 Å². The lowest BCUT2D eigenvalue weighted by atomic mass is 10.1. The normalized spacial score (nSPS) is 11.0. The number of anilines is 1. The molecule has 0 bridgehead atoms. The molecule has 0 saturated carbocycles. The number of ether oxygens (including phenoxy) is 1. The Labute approximate surface area is 184 Å². The molecule has 7 heteroatoms. The highest BCUT2D eigenvalue weighted by Gasteiger charge is 2.11. The van der Waals surface area contributed by atoms with Crippen LogP contribution in [-0.4, -0.2) is 23.4 Å². The number of hydrogen-bond acceptors (Lipinski definition) is 3. The number of hydrogen-bond donors (Lipinski definition) is 3. The lowest BCUT2D eigenvalue weighted by Crippen LogP contribution is -2.23. The Hall–Kier alpha value is -3.35. The minimum Gasteiger partial charge on any atom is -0.497 e. The van der Waals surface area contributed by atoms with E-state index in [-0.39, 0.29) is 0 Å². The molecule has 1 heterocycles. The Kier molecular flexibility index (Phi) is 5.97. The first kappa shape index (κ1) is 19.9. The molecule has 4 rings (SSSR count). The number of hydrazone groups is 1. The summed E-state index contributed by atoms with van der Waals surface area (Å²) in [4.78, 5) is 3.47. The number of fused-ring (bicyclic) bond motifs is 1. The summed E-state index contributed by atoms with van der Waals surface area (Å²) in [6.07, 6.45) is 1.77. The van der Waals surface area contributed by atoms with Crippen molar-refractivity contribution < 1.29 is 4.74 Å². The second-order valence-electron chi connectivity index (χ2n) is 6.52. The number of methoxy groups -OCH3 is 1. The van der Waals surface area contributed by atoms with E-state index in [1.165, 1.54) is 0 Å². The largest absolute Gasteiger partial charge is 0.497 e. The molecule has 0 fully saturated rings. The maximum absolute atomic E-state index is 6.04. The van der Waals surface area contributed by atoms with E-state index in [4.69, 9.17) is 28.6 Å². The number of thiocarbonyl (C=S) groups is 1. The van der Waals surface area contributed by atoms with Crippen LogP contribution in [0.3, 0.4) is 0 Å². The smallest absolute Gasteiger partial charge is 0.191 e. The number of halogens is 1. The maximum Gasteiger partial charge on any atom is 0.191 e. The highest BCUT2D eigenvalue weighted by Crippen LogP contribution is 2.29. The molecule has 0 unspecified atom stereocenters. The van der Waals surface area contributed by atoms with Gasteiger partial charge >= 0.3 is 0 Å². The summed E-state index contributed by atoms with van der Waals surface area (Å²) in [6, 6.07) is 23.3. The standard InChI is InChI=1S/C23H19ClN4OS/c1-29-18-12-10-17(11-13-18)26-23(30)28-25-14-20-19-4-2-3-5-21(19)27-22(20)15-6-8-16(24)9-7-15/h2-14,27H,1H3,(H2,26,28,30). The third kappa shape index (κ3) is 4.45. The van der Waals surface area contributed by atoms with E-state index in [0.717, 1.165) is 39.2 Å². The molecule has 3 aromatic carbocycles. The SMILES string of the molecule is COc1ccc(NC(=S)NN=Cc2c(-c3ccc(Cl)cc3)[nH]c3ccccc23)cc1. The molecule has 0 aliphatic rings. The summed E-state index contributed by atoms with van der Waals surface area (Å²) >= 11 is 11.4. The number of aromatic nitrogens is 1. The molecule has 0 atom stereocenters. The number of H-pyrrole nitrogens is 1. The molecule has 0 spiro atoms. The fourth-order valence-electron chi connectivity index (χ4n) is 3.13. The minimum atomic E-state index is 0.393. The third-order valence-corrected chi connectivity index (χ3v) is 5.03. The molecular formula is C23H19ClN4OS. The van der Waals surface area contributed by atoms with E-state index in [9.17, 15) is 0 Å².